The Bertz CT molecular complexity index is 467. The Hall–Kier alpha value is -0.220. The summed E-state index contributed by atoms with van der Waals surface area (Å²) in [5.74, 6) is -0.642. The highest BCUT2D eigenvalue weighted by Crippen LogP contribution is 2.09. The molecule has 19 heavy (non-hydrogen) atoms. The maximum Gasteiger partial charge on any atom is 0.215 e. The summed E-state index contributed by atoms with van der Waals surface area (Å²) in [5, 5.41) is 0. The third kappa shape index (κ3) is 6.17. The Morgan fingerprint density at radius 3 is 2.05 bits per heavy atom. The lowest BCUT2D eigenvalue weighted by Crippen LogP contribution is -2.49. The summed E-state index contributed by atoms with van der Waals surface area (Å²) in [4.78, 5) is 2.18. The maximum atomic E-state index is 12.0. The fourth-order valence-corrected chi connectivity index (χ4v) is 4.96. The molecule has 0 bridgehead atoms. The molecule has 0 aromatic carbocycles. The fourth-order valence-electron chi connectivity index (χ4n) is 1.93. The van der Waals surface area contributed by atoms with E-state index in [9.17, 15) is 16.8 Å². The van der Waals surface area contributed by atoms with Crippen LogP contribution in [-0.4, -0.2) is 83.1 Å². The van der Waals surface area contributed by atoms with Crippen molar-refractivity contribution in [2.75, 3.05) is 57.0 Å². The van der Waals surface area contributed by atoms with Crippen molar-refractivity contribution in [3.05, 3.63) is 0 Å². The average Bonchev–Trinajstić information content (AvgIpc) is 2.34. The van der Waals surface area contributed by atoms with Crippen LogP contribution in [0, 0.1) is 0 Å². The Balaban J connectivity index is 2.45. The zero-order valence-corrected chi connectivity index (χ0v) is 12.9. The summed E-state index contributed by atoms with van der Waals surface area (Å²) in [7, 11) is -6.71. The van der Waals surface area contributed by atoms with Gasteiger partial charge < -0.3 is 10.6 Å². The van der Waals surface area contributed by atoms with Crippen LogP contribution < -0.4 is 5.73 Å². The number of piperazine rings is 1. The lowest BCUT2D eigenvalue weighted by Gasteiger charge is -2.33. The van der Waals surface area contributed by atoms with Gasteiger partial charge in [0.05, 0.1) is 11.5 Å². The second-order valence-corrected chi connectivity index (χ2v) is 9.18. The minimum atomic E-state index is -3.46. The standard InChI is InChI=1S/C10H23N3O4S2/c1-18(14,15)9-10-19(16,17)13-7-5-12(6-8-13)4-2-3-11/h2-11H2,1H3. The van der Waals surface area contributed by atoms with Gasteiger partial charge >= 0.3 is 0 Å². The Kier molecular flexibility index (Phi) is 6.18. The van der Waals surface area contributed by atoms with E-state index in [0.717, 1.165) is 19.2 Å². The van der Waals surface area contributed by atoms with Crippen LogP contribution in [0.1, 0.15) is 6.42 Å². The van der Waals surface area contributed by atoms with Gasteiger partial charge in [0.25, 0.3) is 0 Å². The summed E-state index contributed by atoms with van der Waals surface area (Å²) in [6.07, 6.45) is 1.95. The highest BCUT2D eigenvalue weighted by molar-refractivity contribution is 7.93. The summed E-state index contributed by atoms with van der Waals surface area (Å²) in [5.41, 5.74) is 5.43. The van der Waals surface area contributed by atoms with E-state index in [2.05, 4.69) is 4.90 Å². The molecular formula is C10H23N3O4S2. The SMILES string of the molecule is CS(=O)(=O)CCS(=O)(=O)N1CCN(CCCN)CC1. The summed E-state index contributed by atoms with van der Waals surface area (Å²) >= 11 is 0. The highest BCUT2D eigenvalue weighted by atomic mass is 32.2. The van der Waals surface area contributed by atoms with Gasteiger partial charge in [0.1, 0.15) is 9.84 Å². The molecule has 0 atom stereocenters. The monoisotopic (exact) mass is 313 g/mol. The van der Waals surface area contributed by atoms with Crippen LogP contribution in [0.2, 0.25) is 0 Å². The van der Waals surface area contributed by atoms with Gasteiger partial charge in [0.2, 0.25) is 10.0 Å². The summed E-state index contributed by atoms with van der Waals surface area (Å²) in [6, 6.07) is 0. The zero-order chi connectivity index (χ0) is 14.5. The van der Waals surface area contributed by atoms with Crippen LogP contribution >= 0.6 is 0 Å². The lowest BCUT2D eigenvalue weighted by atomic mass is 10.3. The van der Waals surface area contributed by atoms with E-state index in [1.165, 1.54) is 4.31 Å². The fraction of sp³-hybridized carbons (Fsp3) is 1.00. The van der Waals surface area contributed by atoms with E-state index < -0.39 is 19.9 Å². The predicted molar refractivity (Wildman–Crippen MR) is 75.2 cm³/mol. The number of nitrogens with two attached hydrogens (primary N) is 1. The average molecular weight is 313 g/mol. The van der Waals surface area contributed by atoms with Crippen molar-refractivity contribution in [1.82, 2.24) is 9.21 Å². The van der Waals surface area contributed by atoms with Crippen molar-refractivity contribution in [2.45, 2.75) is 6.42 Å². The molecule has 0 radical (unpaired) electrons. The third-order valence-corrected chi connectivity index (χ3v) is 6.19. The molecular weight excluding hydrogens is 290 g/mol. The number of hydrogen-bond acceptors (Lipinski definition) is 6. The largest absolute Gasteiger partial charge is 0.330 e. The van der Waals surface area contributed by atoms with Crippen molar-refractivity contribution in [2.24, 2.45) is 5.73 Å². The number of hydrogen-bond donors (Lipinski definition) is 1. The molecule has 0 aromatic heterocycles. The molecule has 1 aliphatic heterocycles. The first-order chi connectivity index (χ1) is 8.74. The minimum absolute atomic E-state index is 0.317. The molecule has 0 amide bonds. The second kappa shape index (κ2) is 6.98. The summed E-state index contributed by atoms with van der Waals surface area (Å²) in [6.45, 7) is 3.73. The molecule has 9 heteroatoms. The molecule has 114 valence electrons. The van der Waals surface area contributed by atoms with Gasteiger partial charge in [-0.2, -0.15) is 4.31 Å². The van der Waals surface area contributed by atoms with E-state index in [-0.39, 0.29) is 11.5 Å². The van der Waals surface area contributed by atoms with Gasteiger partial charge in [0.15, 0.2) is 0 Å². The predicted octanol–water partition coefficient (Wildman–Crippen LogP) is -1.67. The van der Waals surface area contributed by atoms with Gasteiger partial charge in [-0.15, -0.1) is 0 Å². The molecule has 1 rings (SSSR count). The molecule has 1 heterocycles. The van der Waals surface area contributed by atoms with Gasteiger partial charge in [-0.1, -0.05) is 0 Å². The first-order valence-electron chi connectivity index (χ1n) is 6.32. The van der Waals surface area contributed by atoms with Gasteiger partial charge in [0, 0.05) is 32.4 Å². The van der Waals surface area contributed by atoms with Gasteiger partial charge in [-0.05, 0) is 19.5 Å². The van der Waals surface area contributed by atoms with Crippen molar-refractivity contribution >= 4 is 19.9 Å². The lowest BCUT2D eigenvalue weighted by molar-refractivity contribution is 0.187. The summed E-state index contributed by atoms with van der Waals surface area (Å²) < 4.78 is 47.4. The number of sulfone groups is 1. The normalized spacial score (nSPS) is 19.7. The number of nitrogens with zero attached hydrogens (tertiary/aromatic N) is 2. The zero-order valence-electron chi connectivity index (χ0n) is 11.3. The number of sulfonamides is 1. The molecule has 7 nitrogen and oxygen atoms in total. The van der Waals surface area contributed by atoms with Gasteiger partial charge in [-0.25, -0.2) is 16.8 Å². The maximum absolute atomic E-state index is 12.0. The Morgan fingerprint density at radius 2 is 1.58 bits per heavy atom. The second-order valence-electron chi connectivity index (χ2n) is 4.83. The molecule has 0 aromatic rings. The van der Waals surface area contributed by atoms with E-state index >= 15 is 0 Å². The van der Waals surface area contributed by atoms with Crippen LogP contribution in [0.4, 0.5) is 0 Å². The quantitative estimate of drug-likeness (QED) is 0.603. The van der Waals surface area contributed by atoms with Crippen molar-refractivity contribution in [3.63, 3.8) is 0 Å². The van der Waals surface area contributed by atoms with Crippen molar-refractivity contribution in [3.8, 4) is 0 Å². The first-order valence-corrected chi connectivity index (χ1v) is 9.99. The van der Waals surface area contributed by atoms with Crippen LogP contribution in [0.15, 0.2) is 0 Å². The molecule has 0 saturated carbocycles. The van der Waals surface area contributed by atoms with Crippen LogP contribution in [-0.2, 0) is 19.9 Å². The van der Waals surface area contributed by atoms with E-state index in [1.807, 2.05) is 0 Å². The van der Waals surface area contributed by atoms with E-state index in [4.69, 9.17) is 5.73 Å². The molecule has 0 spiro atoms. The smallest absolute Gasteiger partial charge is 0.215 e. The molecule has 1 aliphatic rings. The first kappa shape index (κ1) is 16.8. The molecule has 2 N–H and O–H groups in total. The highest BCUT2D eigenvalue weighted by Gasteiger charge is 2.27. The van der Waals surface area contributed by atoms with Crippen molar-refractivity contribution < 1.29 is 16.8 Å². The minimum Gasteiger partial charge on any atom is -0.330 e. The van der Waals surface area contributed by atoms with Crippen LogP contribution in [0.25, 0.3) is 0 Å². The van der Waals surface area contributed by atoms with E-state index in [0.29, 0.717) is 32.7 Å². The molecule has 1 fully saturated rings. The van der Waals surface area contributed by atoms with E-state index in [1.54, 1.807) is 0 Å². The Labute approximate surface area is 115 Å². The van der Waals surface area contributed by atoms with Gasteiger partial charge in [-0.3, -0.25) is 0 Å². The van der Waals surface area contributed by atoms with Crippen LogP contribution in [0.5, 0.6) is 0 Å². The van der Waals surface area contributed by atoms with Crippen molar-refractivity contribution in [1.29, 1.82) is 0 Å². The molecule has 0 aliphatic carbocycles. The topological polar surface area (TPSA) is 101 Å². The molecule has 1 saturated heterocycles. The Morgan fingerprint density at radius 1 is 1.00 bits per heavy atom. The molecule has 0 unspecified atom stereocenters. The number of rotatable bonds is 7. The van der Waals surface area contributed by atoms with Crippen LogP contribution in [0.3, 0.4) is 0 Å². The third-order valence-electron chi connectivity index (χ3n) is 3.12.